The van der Waals surface area contributed by atoms with Crippen LogP contribution in [0.5, 0.6) is 0 Å². The van der Waals surface area contributed by atoms with Crippen molar-refractivity contribution < 1.29 is 0 Å². The molecule has 0 aliphatic rings. The lowest BCUT2D eigenvalue weighted by molar-refractivity contribution is 1.62. The van der Waals surface area contributed by atoms with Crippen LogP contribution in [-0.4, -0.2) is 0 Å². The summed E-state index contributed by atoms with van der Waals surface area (Å²) in [6.07, 6.45) is 3.95. The van der Waals surface area contributed by atoms with Gasteiger partial charge >= 0.3 is 0 Å². The van der Waals surface area contributed by atoms with Gasteiger partial charge in [-0.1, -0.05) is 48.6 Å². The van der Waals surface area contributed by atoms with Crippen LogP contribution in [0.15, 0.2) is 48.5 Å². The number of hydrogen-bond acceptors (Lipinski definition) is 2. The fourth-order valence-electron chi connectivity index (χ4n) is 1.54. The Balaban J connectivity index is 2.31. The first-order valence-electron chi connectivity index (χ1n) is 5.14. The van der Waals surface area contributed by atoms with E-state index < -0.39 is 0 Å². The Hall–Kier alpha value is -2.22. The van der Waals surface area contributed by atoms with Gasteiger partial charge in [0.25, 0.3) is 0 Å². The van der Waals surface area contributed by atoms with Crippen LogP contribution in [0.2, 0.25) is 0 Å². The highest BCUT2D eigenvalue weighted by Crippen LogP contribution is 2.21. The summed E-state index contributed by atoms with van der Waals surface area (Å²) >= 11 is 0. The summed E-state index contributed by atoms with van der Waals surface area (Å²) in [7, 11) is 0. The minimum Gasteiger partial charge on any atom is -0.398 e. The third-order valence-corrected chi connectivity index (χ3v) is 2.42. The lowest BCUT2D eigenvalue weighted by Gasteiger charge is -2.03. The Labute approximate surface area is 95.2 Å². The normalized spacial score (nSPS) is 10.8. The molecule has 0 fully saturated rings. The molecule has 0 atom stereocenters. The maximum Gasteiger partial charge on any atom is 0.0408 e. The van der Waals surface area contributed by atoms with Crippen molar-refractivity contribution in [2.24, 2.45) is 0 Å². The molecular formula is C14H14N2. The molecule has 2 aromatic rings. The molecule has 0 saturated heterocycles. The largest absolute Gasteiger partial charge is 0.398 e. The van der Waals surface area contributed by atoms with E-state index in [1.807, 2.05) is 60.7 Å². The predicted octanol–water partition coefficient (Wildman–Crippen LogP) is 3.02. The van der Waals surface area contributed by atoms with E-state index in [2.05, 4.69) is 0 Å². The van der Waals surface area contributed by atoms with E-state index in [0.29, 0.717) is 11.4 Å². The molecule has 0 amide bonds. The van der Waals surface area contributed by atoms with E-state index in [0.717, 1.165) is 11.1 Å². The van der Waals surface area contributed by atoms with E-state index in [1.165, 1.54) is 0 Å². The zero-order valence-corrected chi connectivity index (χ0v) is 8.93. The Kier molecular flexibility index (Phi) is 2.92. The van der Waals surface area contributed by atoms with Crippen LogP contribution in [0.3, 0.4) is 0 Å². The number of nitrogens with two attached hydrogens (primary N) is 2. The molecule has 4 N–H and O–H groups in total. The standard InChI is InChI=1S/C14H14N2/c15-13-7-4-8-14(16)12(13)10-9-11-5-2-1-3-6-11/h1-10H,15-16H2. The second-order valence-corrected chi connectivity index (χ2v) is 3.59. The Morgan fingerprint density at radius 1 is 0.688 bits per heavy atom. The molecule has 2 rings (SSSR count). The smallest absolute Gasteiger partial charge is 0.0408 e. The van der Waals surface area contributed by atoms with Gasteiger partial charge in [-0.3, -0.25) is 0 Å². The maximum absolute atomic E-state index is 5.85. The topological polar surface area (TPSA) is 52.0 Å². The molecule has 16 heavy (non-hydrogen) atoms. The highest BCUT2D eigenvalue weighted by Gasteiger charge is 1.98. The van der Waals surface area contributed by atoms with Gasteiger partial charge in [0.05, 0.1) is 0 Å². The first-order valence-corrected chi connectivity index (χ1v) is 5.14. The van der Waals surface area contributed by atoms with Crippen molar-refractivity contribution in [1.29, 1.82) is 0 Å². The molecule has 0 aliphatic heterocycles. The Morgan fingerprint density at radius 3 is 1.94 bits per heavy atom. The van der Waals surface area contributed by atoms with Crippen LogP contribution in [0.1, 0.15) is 11.1 Å². The third-order valence-electron chi connectivity index (χ3n) is 2.42. The average Bonchev–Trinajstić information content (AvgIpc) is 2.30. The molecule has 0 aromatic heterocycles. The van der Waals surface area contributed by atoms with Crippen LogP contribution in [-0.2, 0) is 0 Å². The Bertz CT molecular complexity index is 481. The molecule has 0 aliphatic carbocycles. The minimum absolute atomic E-state index is 0.701. The van der Waals surface area contributed by atoms with E-state index in [1.54, 1.807) is 0 Å². The SMILES string of the molecule is Nc1cccc(N)c1C=Cc1ccccc1. The van der Waals surface area contributed by atoms with Gasteiger partial charge < -0.3 is 11.5 Å². The van der Waals surface area contributed by atoms with Crippen molar-refractivity contribution in [3.63, 3.8) is 0 Å². The maximum atomic E-state index is 5.85. The van der Waals surface area contributed by atoms with Crippen molar-refractivity contribution in [3.05, 3.63) is 59.7 Å². The predicted molar refractivity (Wildman–Crippen MR) is 70.6 cm³/mol. The Morgan fingerprint density at radius 2 is 1.31 bits per heavy atom. The van der Waals surface area contributed by atoms with Crippen LogP contribution < -0.4 is 11.5 Å². The average molecular weight is 210 g/mol. The fraction of sp³-hybridized carbons (Fsp3) is 0. The number of anilines is 2. The lowest BCUT2D eigenvalue weighted by atomic mass is 10.1. The molecule has 0 bridgehead atoms. The summed E-state index contributed by atoms with van der Waals surface area (Å²) in [5.41, 5.74) is 15.1. The summed E-state index contributed by atoms with van der Waals surface area (Å²) in [4.78, 5) is 0. The van der Waals surface area contributed by atoms with Gasteiger partial charge in [-0.15, -0.1) is 0 Å². The molecule has 0 heterocycles. The van der Waals surface area contributed by atoms with E-state index in [9.17, 15) is 0 Å². The number of nitrogen functional groups attached to an aromatic ring is 2. The summed E-state index contributed by atoms with van der Waals surface area (Å²) < 4.78 is 0. The van der Waals surface area contributed by atoms with Crippen LogP contribution in [0, 0.1) is 0 Å². The summed E-state index contributed by atoms with van der Waals surface area (Å²) in [5.74, 6) is 0. The van der Waals surface area contributed by atoms with E-state index in [4.69, 9.17) is 11.5 Å². The molecule has 80 valence electrons. The van der Waals surface area contributed by atoms with E-state index in [-0.39, 0.29) is 0 Å². The summed E-state index contributed by atoms with van der Waals surface area (Å²) in [5, 5.41) is 0. The lowest BCUT2D eigenvalue weighted by Crippen LogP contribution is -1.94. The van der Waals surface area contributed by atoms with Gasteiger partial charge in [0.1, 0.15) is 0 Å². The molecule has 0 saturated carbocycles. The van der Waals surface area contributed by atoms with Gasteiger partial charge in [-0.05, 0) is 17.7 Å². The number of benzene rings is 2. The van der Waals surface area contributed by atoms with Gasteiger partial charge in [0.15, 0.2) is 0 Å². The van der Waals surface area contributed by atoms with Gasteiger partial charge in [0, 0.05) is 16.9 Å². The highest BCUT2D eigenvalue weighted by molar-refractivity contribution is 5.82. The molecule has 0 radical (unpaired) electrons. The number of rotatable bonds is 2. The van der Waals surface area contributed by atoms with Crippen LogP contribution in [0.4, 0.5) is 11.4 Å². The first-order chi connectivity index (χ1) is 7.77. The minimum atomic E-state index is 0.701. The fourth-order valence-corrected chi connectivity index (χ4v) is 1.54. The second-order valence-electron chi connectivity index (χ2n) is 3.59. The van der Waals surface area contributed by atoms with Crippen molar-refractivity contribution in [3.8, 4) is 0 Å². The van der Waals surface area contributed by atoms with Crippen molar-refractivity contribution >= 4 is 23.5 Å². The summed E-state index contributed by atoms with van der Waals surface area (Å²) in [6.45, 7) is 0. The second kappa shape index (κ2) is 4.53. The molecule has 0 spiro atoms. The van der Waals surface area contributed by atoms with Crippen molar-refractivity contribution in [1.82, 2.24) is 0 Å². The van der Waals surface area contributed by atoms with Crippen molar-refractivity contribution in [2.75, 3.05) is 11.5 Å². The van der Waals surface area contributed by atoms with Crippen LogP contribution >= 0.6 is 0 Å². The zero-order chi connectivity index (χ0) is 11.4. The molecule has 2 nitrogen and oxygen atoms in total. The third kappa shape index (κ3) is 2.23. The molecule has 2 heteroatoms. The zero-order valence-electron chi connectivity index (χ0n) is 8.93. The summed E-state index contributed by atoms with van der Waals surface area (Å²) in [6, 6.07) is 15.6. The number of hydrogen-bond donors (Lipinski definition) is 2. The quantitative estimate of drug-likeness (QED) is 0.591. The van der Waals surface area contributed by atoms with Gasteiger partial charge in [-0.25, -0.2) is 0 Å². The van der Waals surface area contributed by atoms with Crippen molar-refractivity contribution in [2.45, 2.75) is 0 Å². The van der Waals surface area contributed by atoms with Gasteiger partial charge in [0.2, 0.25) is 0 Å². The monoisotopic (exact) mass is 210 g/mol. The van der Waals surface area contributed by atoms with E-state index >= 15 is 0 Å². The van der Waals surface area contributed by atoms with Gasteiger partial charge in [-0.2, -0.15) is 0 Å². The molecule has 2 aromatic carbocycles. The van der Waals surface area contributed by atoms with Crippen LogP contribution in [0.25, 0.3) is 12.2 Å². The molecule has 0 unspecified atom stereocenters. The first kappa shape index (κ1) is 10.3. The molecular weight excluding hydrogens is 196 g/mol. The highest BCUT2D eigenvalue weighted by atomic mass is 14.6.